The Hall–Kier alpha value is -1.80. The van der Waals surface area contributed by atoms with E-state index in [0.717, 1.165) is 11.8 Å². The van der Waals surface area contributed by atoms with Crippen molar-refractivity contribution in [2.75, 3.05) is 0 Å². The van der Waals surface area contributed by atoms with Gasteiger partial charge in [-0.25, -0.2) is 0 Å². The zero-order valence-corrected chi connectivity index (χ0v) is 10.7. The Morgan fingerprint density at radius 1 is 1.39 bits per heavy atom. The van der Waals surface area contributed by atoms with E-state index in [0.29, 0.717) is 5.56 Å². The summed E-state index contributed by atoms with van der Waals surface area (Å²) in [6.45, 7) is 1.75. The molecular weight excluding hydrogens is 250 g/mol. The second kappa shape index (κ2) is 6.82. The molecule has 0 amide bonds. The van der Waals surface area contributed by atoms with E-state index in [4.69, 9.17) is 10.4 Å². The van der Waals surface area contributed by atoms with Crippen LogP contribution >= 0.6 is 11.8 Å². The van der Waals surface area contributed by atoms with Gasteiger partial charge in [-0.3, -0.25) is 9.59 Å². The quantitative estimate of drug-likeness (QED) is 0.883. The topological polar surface area (TPSA) is 78.2 Å². The summed E-state index contributed by atoms with van der Waals surface area (Å²) in [7, 11) is 0. The van der Waals surface area contributed by atoms with Crippen molar-refractivity contribution in [2.45, 2.75) is 18.6 Å². The van der Waals surface area contributed by atoms with E-state index in [1.165, 1.54) is 0 Å². The number of nitriles is 1. The monoisotopic (exact) mass is 263 g/mol. The molecular formula is C13H13NO3S. The van der Waals surface area contributed by atoms with E-state index >= 15 is 0 Å². The molecule has 0 fully saturated rings. The zero-order chi connectivity index (χ0) is 13.5. The minimum absolute atomic E-state index is 0.106. The van der Waals surface area contributed by atoms with Gasteiger partial charge in [0.1, 0.15) is 5.92 Å². The van der Waals surface area contributed by atoms with Crippen LogP contribution in [0.3, 0.4) is 0 Å². The molecule has 0 spiro atoms. The van der Waals surface area contributed by atoms with E-state index in [1.807, 2.05) is 6.07 Å². The molecule has 0 radical (unpaired) electrons. The second-order valence-electron chi connectivity index (χ2n) is 3.84. The van der Waals surface area contributed by atoms with Gasteiger partial charge in [0.25, 0.3) is 0 Å². The highest BCUT2D eigenvalue weighted by Crippen LogP contribution is 2.23. The maximum Gasteiger partial charge on any atom is 0.320 e. The van der Waals surface area contributed by atoms with Crippen molar-refractivity contribution in [3.63, 3.8) is 0 Å². The Labute approximate surface area is 110 Å². The summed E-state index contributed by atoms with van der Waals surface area (Å²) in [4.78, 5) is 22.5. The highest BCUT2D eigenvalue weighted by atomic mass is 32.2. The van der Waals surface area contributed by atoms with Gasteiger partial charge in [-0.2, -0.15) is 5.26 Å². The van der Waals surface area contributed by atoms with Crippen molar-refractivity contribution >= 4 is 22.8 Å². The number of hydrogen-bond acceptors (Lipinski definition) is 4. The Morgan fingerprint density at radius 2 is 2.00 bits per heavy atom. The summed E-state index contributed by atoms with van der Waals surface area (Å²) in [5, 5.41) is 17.1. The van der Waals surface area contributed by atoms with Crippen LogP contribution in [0.2, 0.25) is 0 Å². The average molecular weight is 263 g/mol. The van der Waals surface area contributed by atoms with Gasteiger partial charge in [-0.05, 0) is 6.42 Å². The lowest BCUT2D eigenvalue weighted by Crippen LogP contribution is -2.17. The lowest BCUT2D eigenvalue weighted by molar-refractivity contribution is -0.139. The summed E-state index contributed by atoms with van der Waals surface area (Å²) in [5.74, 6) is -2.20. The predicted octanol–water partition coefficient (Wildman–Crippen LogP) is 2.56. The van der Waals surface area contributed by atoms with Crippen molar-refractivity contribution < 1.29 is 14.7 Å². The second-order valence-corrected chi connectivity index (χ2v) is 5.25. The molecule has 2 unspecified atom stereocenters. The van der Waals surface area contributed by atoms with E-state index in [2.05, 4.69) is 0 Å². The Morgan fingerprint density at radius 3 is 2.50 bits per heavy atom. The highest BCUT2D eigenvalue weighted by molar-refractivity contribution is 8.14. The van der Waals surface area contributed by atoms with Crippen LogP contribution < -0.4 is 0 Å². The van der Waals surface area contributed by atoms with Crippen molar-refractivity contribution in [3.8, 4) is 6.07 Å². The third-order valence-electron chi connectivity index (χ3n) is 2.34. The zero-order valence-electron chi connectivity index (χ0n) is 9.87. The molecule has 0 aliphatic rings. The van der Waals surface area contributed by atoms with Gasteiger partial charge in [0.15, 0.2) is 0 Å². The van der Waals surface area contributed by atoms with Crippen LogP contribution in [-0.2, 0) is 4.79 Å². The maximum absolute atomic E-state index is 11.8. The third-order valence-corrected chi connectivity index (χ3v) is 3.38. The molecule has 5 heteroatoms. The Kier molecular flexibility index (Phi) is 5.40. The summed E-state index contributed by atoms with van der Waals surface area (Å²) >= 11 is 1.06. The molecule has 18 heavy (non-hydrogen) atoms. The first kappa shape index (κ1) is 14.3. The van der Waals surface area contributed by atoms with Crippen LogP contribution in [0.15, 0.2) is 30.3 Å². The number of carbonyl (C=O) groups is 2. The molecule has 0 bridgehead atoms. The fourth-order valence-electron chi connectivity index (χ4n) is 1.41. The van der Waals surface area contributed by atoms with Crippen molar-refractivity contribution in [1.29, 1.82) is 5.26 Å². The molecule has 1 N–H and O–H groups in total. The molecule has 0 aliphatic carbocycles. The van der Waals surface area contributed by atoms with Crippen molar-refractivity contribution in [2.24, 2.45) is 5.92 Å². The van der Waals surface area contributed by atoms with Crippen LogP contribution in [0.5, 0.6) is 0 Å². The predicted molar refractivity (Wildman–Crippen MR) is 69.2 cm³/mol. The molecule has 4 nitrogen and oxygen atoms in total. The molecule has 0 saturated carbocycles. The van der Waals surface area contributed by atoms with Gasteiger partial charge in [0, 0.05) is 10.8 Å². The molecule has 2 atom stereocenters. The number of rotatable bonds is 5. The summed E-state index contributed by atoms with van der Waals surface area (Å²) in [6.07, 6.45) is 0.162. The first-order chi connectivity index (χ1) is 8.54. The highest BCUT2D eigenvalue weighted by Gasteiger charge is 2.22. The molecule has 1 rings (SSSR count). The normalized spacial score (nSPS) is 13.3. The molecule has 0 aromatic heterocycles. The minimum Gasteiger partial charge on any atom is -0.480 e. The third kappa shape index (κ3) is 4.22. The lowest BCUT2D eigenvalue weighted by atomic mass is 10.1. The van der Waals surface area contributed by atoms with Crippen LogP contribution in [0, 0.1) is 17.2 Å². The number of nitrogens with zero attached hydrogens (tertiary/aromatic N) is 1. The van der Waals surface area contributed by atoms with Gasteiger partial charge >= 0.3 is 5.97 Å². The van der Waals surface area contributed by atoms with Crippen LogP contribution in [0.1, 0.15) is 23.7 Å². The van der Waals surface area contributed by atoms with E-state index in [-0.39, 0.29) is 16.8 Å². The van der Waals surface area contributed by atoms with Crippen LogP contribution in [0.4, 0.5) is 0 Å². The smallest absolute Gasteiger partial charge is 0.320 e. The number of benzene rings is 1. The fourth-order valence-corrected chi connectivity index (χ4v) is 2.34. The number of aliphatic carboxylic acids is 1. The number of carboxylic acids is 1. The van der Waals surface area contributed by atoms with E-state index in [1.54, 1.807) is 37.3 Å². The summed E-state index contributed by atoms with van der Waals surface area (Å²) in [5.41, 5.74) is 0.582. The van der Waals surface area contributed by atoms with Crippen LogP contribution in [0.25, 0.3) is 0 Å². The largest absolute Gasteiger partial charge is 0.480 e. The standard InChI is InChI=1S/C13H13NO3S/c1-9(7-11(8-14)12(15)16)18-13(17)10-5-3-2-4-6-10/h2-6,9,11H,7H2,1H3,(H,15,16). The molecule has 1 aromatic carbocycles. The van der Waals surface area contributed by atoms with Gasteiger partial charge < -0.3 is 5.11 Å². The average Bonchev–Trinajstić information content (AvgIpc) is 2.36. The van der Waals surface area contributed by atoms with Gasteiger partial charge in [-0.1, -0.05) is 49.0 Å². The van der Waals surface area contributed by atoms with Crippen molar-refractivity contribution in [3.05, 3.63) is 35.9 Å². The maximum atomic E-state index is 11.8. The summed E-state index contributed by atoms with van der Waals surface area (Å²) in [6, 6.07) is 10.5. The minimum atomic E-state index is -1.14. The van der Waals surface area contributed by atoms with Gasteiger partial charge in [0.05, 0.1) is 6.07 Å². The molecule has 0 saturated heterocycles. The van der Waals surface area contributed by atoms with Gasteiger partial charge in [0.2, 0.25) is 5.12 Å². The van der Waals surface area contributed by atoms with Gasteiger partial charge in [-0.15, -0.1) is 0 Å². The molecule has 1 aromatic rings. The Balaban J connectivity index is 2.56. The number of carbonyl (C=O) groups excluding carboxylic acids is 1. The van der Waals surface area contributed by atoms with Crippen LogP contribution in [-0.4, -0.2) is 21.4 Å². The number of thioether (sulfide) groups is 1. The van der Waals surface area contributed by atoms with E-state index < -0.39 is 11.9 Å². The summed E-state index contributed by atoms with van der Waals surface area (Å²) < 4.78 is 0. The molecule has 0 aliphatic heterocycles. The lowest BCUT2D eigenvalue weighted by Gasteiger charge is -2.11. The molecule has 0 heterocycles. The first-order valence-corrected chi connectivity index (χ1v) is 6.31. The first-order valence-electron chi connectivity index (χ1n) is 5.43. The fraction of sp³-hybridized carbons (Fsp3) is 0.308. The van der Waals surface area contributed by atoms with Crippen molar-refractivity contribution in [1.82, 2.24) is 0 Å². The number of hydrogen-bond donors (Lipinski definition) is 1. The Bertz CT molecular complexity index is 467. The molecule has 94 valence electrons. The number of carboxylic acid groups (broad SMARTS) is 1. The van der Waals surface area contributed by atoms with E-state index in [9.17, 15) is 9.59 Å². The SMILES string of the molecule is CC(CC(C#N)C(=O)O)SC(=O)c1ccccc1.